The number of aromatic hydroxyl groups is 1. The average molecular weight is 459 g/mol. The largest absolute Gasteiger partial charge is 0.494 e. The second-order valence-corrected chi connectivity index (χ2v) is 7.99. The molecular formula is C21H20Cl2N6O2. The van der Waals surface area contributed by atoms with Crippen molar-refractivity contribution in [3.63, 3.8) is 0 Å². The molecule has 4 aromatic rings. The molecule has 0 unspecified atom stereocenters. The first-order valence-electron chi connectivity index (χ1n) is 9.44. The molecule has 0 aliphatic carbocycles. The van der Waals surface area contributed by atoms with Gasteiger partial charge < -0.3 is 20.7 Å². The molecule has 0 aliphatic heterocycles. The number of carbonyl (C=O) groups is 1. The Morgan fingerprint density at radius 3 is 2.71 bits per heavy atom. The lowest BCUT2D eigenvalue weighted by Crippen LogP contribution is -2.18. The summed E-state index contributed by atoms with van der Waals surface area (Å²) in [6.07, 6.45) is 3.35. The molecular weight excluding hydrogens is 439 g/mol. The number of benzene rings is 1. The highest BCUT2D eigenvalue weighted by Gasteiger charge is 2.22. The molecule has 8 nitrogen and oxygen atoms in total. The Bertz CT molecular complexity index is 1310. The highest BCUT2D eigenvalue weighted by molar-refractivity contribution is 6.36. The molecule has 160 valence electrons. The molecule has 31 heavy (non-hydrogen) atoms. The van der Waals surface area contributed by atoms with Crippen molar-refractivity contribution in [2.24, 2.45) is 12.8 Å². The molecule has 0 atom stereocenters. The van der Waals surface area contributed by atoms with Crippen LogP contribution in [-0.4, -0.2) is 30.3 Å². The maximum atomic E-state index is 12.5. The first kappa shape index (κ1) is 21.2. The molecule has 0 aliphatic rings. The number of rotatable bonds is 5. The summed E-state index contributed by atoms with van der Waals surface area (Å²) >= 11 is 12.5. The predicted molar refractivity (Wildman–Crippen MR) is 121 cm³/mol. The lowest BCUT2D eigenvalue weighted by molar-refractivity contribution is -0.116. The lowest BCUT2D eigenvalue weighted by Gasteiger charge is -2.14. The van der Waals surface area contributed by atoms with Gasteiger partial charge in [-0.25, -0.2) is 0 Å². The number of hydrogen-bond donors (Lipinski definition) is 3. The summed E-state index contributed by atoms with van der Waals surface area (Å²) in [4.78, 5) is 17.1. The van der Waals surface area contributed by atoms with E-state index in [1.807, 2.05) is 6.92 Å². The molecule has 0 saturated heterocycles. The van der Waals surface area contributed by atoms with Gasteiger partial charge in [-0.1, -0.05) is 29.3 Å². The highest BCUT2D eigenvalue weighted by atomic mass is 35.5. The van der Waals surface area contributed by atoms with Crippen LogP contribution in [0, 0.1) is 6.92 Å². The zero-order valence-electron chi connectivity index (χ0n) is 16.9. The number of pyridine rings is 1. The predicted octanol–water partition coefficient (Wildman–Crippen LogP) is 3.86. The van der Waals surface area contributed by atoms with Gasteiger partial charge in [-0.3, -0.25) is 14.5 Å². The second-order valence-electron chi connectivity index (χ2n) is 7.14. The van der Waals surface area contributed by atoms with E-state index in [-0.39, 0.29) is 24.9 Å². The number of carbonyl (C=O) groups excluding carboxylic acids is 1. The Kier molecular flexibility index (Phi) is 5.62. The van der Waals surface area contributed by atoms with E-state index in [0.717, 1.165) is 5.56 Å². The van der Waals surface area contributed by atoms with Crippen molar-refractivity contribution in [1.82, 2.24) is 19.3 Å². The molecule has 0 bridgehead atoms. The second kappa shape index (κ2) is 8.22. The van der Waals surface area contributed by atoms with Crippen LogP contribution in [0.4, 0.5) is 5.82 Å². The molecule has 1 aromatic carbocycles. The number of nitrogens with two attached hydrogens (primary N) is 1. The van der Waals surface area contributed by atoms with Crippen LogP contribution in [0.15, 0.2) is 36.7 Å². The molecule has 4 rings (SSSR count). The fourth-order valence-corrected chi connectivity index (χ4v) is 4.12. The number of amides is 1. The van der Waals surface area contributed by atoms with Crippen LogP contribution in [0.1, 0.15) is 11.3 Å². The van der Waals surface area contributed by atoms with E-state index in [2.05, 4.69) is 15.4 Å². The Morgan fingerprint density at radius 2 is 2.06 bits per heavy atom. The monoisotopic (exact) mass is 458 g/mol. The van der Waals surface area contributed by atoms with E-state index < -0.39 is 0 Å². The minimum absolute atomic E-state index is 0.102. The maximum absolute atomic E-state index is 12.5. The topological polar surface area (TPSA) is 111 Å². The smallest absolute Gasteiger partial charge is 0.245 e. The first-order chi connectivity index (χ1) is 14.8. The zero-order chi connectivity index (χ0) is 22.3. The summed E-state index contributed by atoms with van der Waals surface area (Å²) in [5.41, 5.74) is 9.36. The first-order valence-corrected chi connectivity index (χ1v) is 10.2. The Labute approximate surface area is 188 Å². The van der Waals surface area contributed by atoms with Crippen LogP contribution in [0.25, 0.3) is 22.0 Å². The number of anilines is 1. The van der Waals surface area contributed by atoms with Crippen molar-refractivity contribution in [2.75, 3.05) is 5.32 Å². The van der Waals surface area contributed by atoms with Gasteiger partial charge in [0, 0.05) is 58.9 Å². The zero-order valence-corrected chi connectivity index (χ0v) is 18.4. The van der Waals surface area contributed by atoms with Gasteiger partial charge >= 0.3 is 0 Å². The number of hydrogen-bond acceptors (Lipinski definition) is 5. The molecule has 0 saturated carbocycles. The number of aromatic nitrogens is 4. The number of halogens is 2. The summed E-state index contributed by atoms with van der Waals surface area (Å²) in [5.74, 6) is -0.0118. The fraction of sp³-hybridized carbons (Fsp3) is 0.190. The molecule has 0 spiro atoms. The van der Waals surface area contributed by atoms with Crippen LogP contribution in [0.3, 0.4) is 0 Å². The van der Waals surface area contributed by atoms with Gasteiger partial charge in [0.15, 0.2) is 5.82 Å². The van der Waals surface area contributed by atoms with E-state index in [1.54, 1.807) is 48.4 Å². The van der Waals surface area contributed by atoms with E-state index in [4.69, 9.17) is 28.9 Å². The van der Waals surface area contributed by atoms with E-state index in [1.165, 1.54) is 4.57 Å². The molecule has 4 N–H and O–H groups in total. The third kappa shape index (κ3) is 3.97. The Hall–Kier alpha value is -3.07. The van der Waals surface area contributed by atoms with Gasteiger partial charge in [0.2, 0.25) is 11.8 Å². The standard InChI is InChI=1S/C21H20Cl2N6O2/c1-11-14(8-24)19(13-4-3-12(22)7-15(13)23)20-16(25-11)9-29(21(20)31)10-18(30)26-17-5-6-28(2)27-17/h3-7,9,31H,8,10,24H2,1-2H3,(H,26,27,30). The summed E-state index contributed by atoms with van der Waals surface area (Å²) in [6.45, 7) is 1.93. The van der Waals surface area contributed by atoms with Crippen molar-refractivity contribution in [1.29, 1.82) is 0 Å². The van der Waals surface area contributed by atoms with Crippen molar-refractivity contribution >= 4 is 45.8 Å². The number of nitrogens with zero attached hydrogens (tertiary/aromatic N) is 4. The van der Waals surface area contributed by atoms with E-state index in [9.17, 15) is 9.90 Å². The average Bonchev–Trinajstić information content (AvgIpc) is 3.23. The van der Waals surface area contributed by atoms with E-state index >= 15 is 0 Å². The van der Waals surface area contributed by atoms with Gasteiger partial charge in [0.1, 0.15) is 6.54 Å². The van der Waals surface area contributed by atoms with Gasteiger partial charge in [0.25, 0.3) is 0 Å². The number of aryl methyl sites for hydroxylation is 2. The SMILES string of the molecule is Cc1nc2cn(CC(=O)Nc3ccn(C)n3)c(O)c2c(-c2ccc(Cl)cc2Cl)c1CN. The molecule has 10 heteroatoms. The maximum Gasteiger partial charge on any atom is 0.245 e. The summed E-state index contributed by atoms with van der Waals surface area (Å²) in [7, 11) is 1.76. The van der Waals surface area contributed by atoms with Crippen molar-refractivity contribution in [2.45, 2.75) is 20.0 Å². The van der Waals surface area contributed by atoms with Crippen molar-refractivity contribution < 1.29 is 9.90 Å². The van der Waals surface area contributed by atoms with Crippen LogP contribution in [0.5, 0.6) is 5.88 Å². The lowest BCUT2D eigenvalue weighted by atomic mass is 9.95. The van der Waals surface area contributed by atoms with Crippen molar-refractivity contribution in [3.05, 3.63) is 58.0 Å². The number of nitrogens with one attached hydrogen (secondary N) is 1. The van der Waals surface area contributed by atoms with Crippen LogP contribution in [0.2, 0.25) is 10.0 Å². The molecule has 1 amide bonds. The minimum Gasteiger partial charge on any atom is -0.494 e. The molecule has 3 heterocycles. The Morgan fingerprint density at radius 1 is 1.29 bits per heavy atom. The van der Waals surface area contributed by atoms with Crippen LogP contribution >= 0.6 is 23.2 Å². The Balaban J connectivity index is 1.82. The van der Waals surface area contributed by atoms with Crippen LogP contribution < -0.4 is 11.1 Å². The van der Waals surface area contributed by atoms with Gasteiger partial charge in [-0.15, -0.1) is 0 Å². The summed E-state index contributed by atoms with van der Waals surface area (Å²) < 4.78 is 3.02. The quantitative estimate of drug-likeness (QED) is 0.420. The van der Waals surface area contributed by atoms with Crippen LogP contribution in [-0.2, 0) is 24.9 Å². The minimum atomic E-state index is -0.337. The number of fused-ring (bicyclic) bond motifs is 1. The summed E-state index contributed by atoms with van der Waals surface area (Å²) in [6, 6.07) is 6.82. The van der Waals surface area contributed by atoms with Gasteiger partial charge in [-0.2, -0.15) is 5.10 Å². The molecule has 3 aromatic heterocycles. The fourth-order valence-electron chi connectivity index (χ4n) is 3.61. The summed E-state index contributed by atoms with van der Waals surface area (Å²) in [5, 5.41) is 19.2. The molecule has 0 fully saturated rings. The molecule has 0 radical (unpaired) electrons. The third-order valence-corrected chi connectivity index (χ3v) is 5.55. The van der Waals surface area contributed by atoms with Gasteiger partial charge in [-0.05, 0) is 24.6 Å². The van der Waals surface area contributed by atoms with Crippen molar-refractivity contribution in [3.8, 4) is 17.0 Å². The third-order valence-electron chi connectivity index (χ3n) is 5.01. The normalized spacial score (nSPS) is 11.3. The highest BCUT2D eigenvalue weighted by Crippen LogP contribution is 2.42. The van der Waals surface area contributed by atoms with Gasteiger partial charge in [0.05, 0.1) is 10.9 Å². The van der Waals surface area contributed by atoms with E-state index in [0.29, 0.717) is 43.6 Å².